The molecule has 3 heteroatoms. The van der Waals surface area contributed by atoms with Gasteiger partial charge in [-0.3, -0.25) is 0 Å². The van der Waals surface area contributed by atoms with E-state index < -0.39 is 5.92 Å². The van der Waals surface area contributed by atoms with E-state index in [1.807, 2.05) is 31.2 Å². The molecular formula is C14H19F2N. The minimum atomic E-state index is -2.50. The van der Waals surface area contributed by atoms with Crippen molar-refractivity contribution in [3.63, 3.8) is 0 Å². The Morgan fingerprint density at radius 3 is 2.06 bits per heavy atom. The Kier molecular flexibility index (Phi) is 3.21. The molecule has 0 heterocycles. The van der Waals surface area contributed by atoms with Gasteiger partial charge in [0.2, 0.25) is 5.92 Å². The first kappa shape index (κ1) is 12.5. The fourth-order valence-corrected chi connectivity index (χ4v) is 2.61. The number of rotatable bonds is 2. The van der Waals surface area contributed by atoms with E-state index in [2.05, 4.69) is 0 Å². The zero-order chi connectivity index (χ0) is 12.5. The number of nitrogens with two attached hydrogens (primary N) is 1. The average molecular weight is 239 g/mol. The fraction of sp³-hybridized carbons (Fsp3) is 0.571. The zero-order valence-corrected chi connectivity index (χ0v) is 10.2. The summed E-state index contributed by atoms with van der Waals surface area (Å²) in [5, 5.41) is 0. The molecule has 0 bridgehead atoms. The molecule has 0 atom stereocenters. The van der Waals surface area contributed by atoms with E-state index in [9.17, 15) is 8.78 Å². The highest BCUT2D eigenvalue weighted by Crippen LogP contribution is 2.44. The second kappa shape index (κ2) is 4.37. The van der Waals surface area contributed by atoms with Crippen molar-refractivity contribution in [3.8, 4) is 0 Å². The van der Waals surface area contributed by atoms with Gasteiger partial charge in [0.1, 0.15) is 0 Å². The molecule has 1 aliphatic rings. The van der Waals surface area contributed by atoms with Gasteiger partial charge < -0.3 is 5.73 Å². The van der Waals surface area contributed by atoms with E-state index in [0.717, 1.165) is 5.56 Å². The van der Waals surface area contributed by atoms with Crippen LogP contribution in [0, 0.1) is 6.92 Å². The monoisotopic (exact) mass is 239 g/mol. The van der Waals surface area contributed by atoms with Gasteiger partial charge >= 0.3 is 0 Å². The maximum Gasteiger partial charge on any atom is 0.248 e. The third-order valence-corrected chi connectivity index (χ3v) is 3.99. The Morgan fingerprint density at radius 2 is 1.59 bits per heavy atom. The molecule has 1 aromatic rings. The molecule has 1 nitrogen and oxygen atoms in total. The molecule has 17 heavy (non-hydrogen) atoms. The smallest absolute Gasteiger partial charge is 0.248 e. The van der Waals surface area contributed by atoms with Gasteiger partial charge in [0, 0.05) is 24.8 Å². The maximum atomic E-state index is 13.2. The number of alkyl halides is 2. The van der Waals surface area contributed by atoms with Crippen LogP contribution in [0.2, 0.25) is 0 Å². The van der Waals surface area contributed by atoms with Crippen LogP contribution in [-0.4, -0.2) is 12.5 Å². The third-order valence-electron chi connectivity index (χ3n) is 3.99. The topological polar surface area (TPSA) is 26.0 Å². The molecule has 0 saturated heterocycles. The normalized spacial score (nSPS) is 22.4. The second-order valence-corrected chi connectivity index (χ2v) is 5.21. The highest BCUT2D eigenvalue weighted by atomic mass is 19.3. The first-order valence-electron chi connectivity index (χ1n) is 6.13. The van der Waals surface area contributed by atoms with Gasteiger partial charge in [-0.25, -0.2) is 8.78 Å². The molecule has 0 aromatic heterocycles. The lowest BCUT2D eigenvalue weighted by atomic mass is 9.68. The van der Waals surface area contributed by atoms with Crippen molar-refractivity contribution in [3.05, 3.63) is 35.4 Å². The average Bonchev–Trinajstić information content (AvgIpc) is 2.31. The second-order valence-electron chi connectivity index (χ2n) is 5.21. The van der Waals surface area contributed by atoms with Crippen molar-refractivity contribution in [2.24, 2.45) is 5.73 Å². The first-order valence-corrected chi connectivity index (χ1v) is 6.13. The van der Waals surface area contributed by atoms with Gasteiger partial charge in [0.05, 0.1) is 0 Å². The third kappa shape index (κ3) is 2.49. The van der Waals surface area contributed by atoms with E-state index in [-0.39, 0.29) is 18.3 Å². The molecule has 1 saturated carbocycles. The van der Waals surface area contributed by atoms with Gasteiger partial charge in [0.15, 0.2) is 0 Å². The number of halogens is 2. The zero-order valence-electron chi connectivity index (χ0n) is 10.2. The largest absolute Gasteiger partial charge is 0.330 e. The number of benzene rings is 1. The Morgan fingerprint density at radius 1 is 1.06 bits per heavy atom. The van der Waals surface area contributed by atoms with E-state index in [0.29, 0.717) is 19.4 Å². The van der Waals surface area contributed by atoms with Crippen molar-refractivity contribution in [2.45, 2.75) is 43.9 Å². The molecule has 1 aliphatic carbocycles. The number of hydrogen-bond donors (Lipinski definition) is 1. The van der Waals surface area contributed by atoms with E-state index >= 15 is 0 Å². The lowest BCUT2D eigenvalue weighted by Crippen LogP contribution is -2.42. The standard InChI is InChI=1S/C14H19F2N/c1-11-2-4-12(5-3-11)13(10-17)6-8-14(15,16)9-7-13/h2-5H,6-10,17H2,1H3. The SMILES string of the molecule is Cc1ccc(C2(CN)CCC(F)(F)CC2)cc1. The minimum absolute atomic E-state index is 0.0436. The van der Waals surface area contributed by atoms with Crippen LogP contribution in [0.3, 0.4) is 0 Å². The van der Waals surface area contributed by atoms with Crippen molar-refractivity contribution >= 4 is 0 Å². The van der Waals surface area contributed by atoms with Crippen molar-refractivity contribution in [1.82, 2.24) is 0 Å². The quantitative estimate of drug-likeness (QED) is 0.841. The molecule has 0 spiro atoms. The van der Waals surface area contributed by atoms with E-state index in [4.69, 9.17) is 5.73 Å². The molecule has 1 aromatic carbocycles. The maximum absolute atomic E-state index is 13.2. The van der Waals surface area contributed by atoms with Crippen molar-refractivity contribution in [1.29, 1.82) is 0 Å². The Bertz CT molecular complexity index is 374. The summed E-state index contributed by atoms with van der Waals surface area (Å²) in [7, 11) is 0. The molecule has 0 amide bonds. The van der Waals surface area contributed by atoms with Crippen molar-refractivity contribution < 1.29 is 8.78 Å². The van der Waals surface area contributed by atoms with Crippen LogP contribution < -0.4 is 5.73 Å². The van der Waals surface area contributed by atoms with Crippen LogP contribution in [-0.2, 0) is 5.41 Å². The summed E-state index contributed by atoms with van der Waals surface area (Å²) in [6, 6.07) is 8.12. The first-order chi connectivity index (χ1) is 7.97. The van der Waals surface area contributed by atoms with Gasteiger partial charge in [-0.1, -0.05) is 29.8 Å². The fourth-order valence-electron chi connectivity index (χ4n) is 2.61. The van der Waals surface area contributed by atoms with Crippen LogP contribution in [0.5, 0.6) is 0 Å². The highest BCUT2D eigenvalue weighted by Gasteiger charge is 2.43. The summed E-state index contributed by atoms with van der Waals surface area (Å²) in [5.41, 5.74) is 7.91. The molecule has 2 rings (SSSR count). The Labute approximate surface area is 101 Å². The van der Waals surface area contributed by atoms with Gasteiger partial charge in [-0.05, 0) is 25.3 Å². The summed E-state index contributed by atoms with van der Waals surface area (Å²) in [5.74, 6) is -2.50. The Balaban J connectivity index is 2.24. The van der Waals surface area contributed by atoms with E-state index in [1.165, 1.54) is 5.56 Å². The molecule has 0 aliphatic heterocycles. The Hall–Kier alpha value is -0.960. The molecule has 0 unspecified atom stereocenters. The van der Waals surface area contributed by atoms with Crippen molar-refractivity contribution in [2.75, 3.05) is 6.54 Å². The van der Waals surface area contributed by atoms with Gasteiger partial charge in [-0.2, -0.15) is 0 Å². The predicted octanol–water partition coefficient (Wildman–Crippen LogP) is 3.40. The summed E-state index contributed by atoms with van der Waals surface area (Å²) >= 11 is 0. The van der Waals surface area contributed by atoms with Crippen LogP contribution in [0.25, 0.3) is 0 Å². The summed E-state index contributed by atoms with van der Waals surface area (Å²) in [6.45, 7) is 2.47. The van der Waals surface area contributed by atoms with Crippen LogP contribution in [0.1, 0.15) is 36.8 Å². The van der Waals surface area contributed by atoms with Crippen LogP contribution in [0.15, 0.2) is 24.3 Å². The summed E-state index contributed by atoms with van der Waals surface area (Å²) in [6.07, 6.45) is 0.884. The lowest BCUT2D eigenvalue weighted by Gasteiger charge is -2.39. The molecule has 2 N–H and O–H groups in total. The minimum Gasteiger partial charge on any atom is -0.330 e. The number of hydrogen-bond acceptors (Lipinski definition) is 1. The summed E-state index contributed by atoms with van der Waals surface area (Å²) < 4.78 is 26.4. The van der Waals surface area contributed by atoms with Gasteiger partial charge in [-0.15, -0.1) is 0 Å². The molecule has 1 fully saturated rings. The van der Waals surface area contributed by atoms with Gasteiger partial charge in [0.25, 0.3) is 0 Å². The molecular weight excluding hydrogens is 220 g/mol. The lowest BCUT2D eigenvalue weighted by molar-refractivity contribution is -0.0509. The van der Waals surface area contributed by atoms with E-state index in [1.54, 1.807) is 0 Å². The summed E-state index contributed by atoms with van der Waals surface area (Å²) in [4.78, 5) is 0. The van der Waals surface area contributed by atoms with Crippen LogP contribution in [0.4, 0.5) is 8.78 Å². The number of aryl methyl sites for hydroxylation is 1. The molecule has 94 valence electrons. The highest BCUT2D eigenvalue weighted by molar-refractivity contribution is 5.30. The van der Waals surface area contributed by atoms with Crippen LogP contribution >= 0.6 is 0 Å². The molecule has 0 radical (unpaired) electrons. The predicted molar refractivity (Wildman–Crippen MR) is 65.3 cm³/mol.